The highest BCUT2D eigenvalue weighted by molar-refractivity contribution is 14.0. The molecular formula is C17H28IN5S. The van der Waals surface area contributed by atoms with Crippen LogP contribution >= 0.6 is 35.3 Å². The number of hydrogen-bond donors (Lipinski definition) is 1. The third-order valence-electron chi connectivity index (χ3n) is 3.61. The van der Waals surface area contributed by atoms with E-state index in [4.69, 9.17) is 4.99 Å². The number of nitrogens with zero attached hydrogens (tertiary/aromatic N) is 4. The first kappa shape index (κ1) is 21.0. The number of guanidine groups is 1. The van der Waals surface area contributed by atoms with E-state index in [1.807, 2.05) is 29.3 Å². The monoisotopic (exact) mass is 461 g/mol. The first-order valence-electron chi connectivity index (χ1n) is 8.18. The molecule has 0 aliphatic heterocycles. The number of aryl methyl sites for hydroxylation is 2. The minimum Gasteiger partial charge on any atom is -0.357 e. The molecule has 134 valence electrons. The van der Waals surface area contributed by atoms with Gasteiger partial charge in [0, 0.05) is 44.8 Å². The summed E-state index contributed by atoms with van der Waals surface area (Å²) in [6.07, 6.45) is 7.13. The van der Waals surface area contributed by atoms with E-state index in [0.29, 0.717) is 0 Å². The number of aromatic nitrogens is 2. The zero-order valence-electron chi connectivity index (χ0n) is 14.7. The Labute approximate surface area is 166 Å². The molecule has 0 radical (unpaired) electrons. The van der Waals surface area contributed by atoms with Crippen LogP contribution in [0.4, 0.5) is 0 Å². The Morgan fingerprint density at radius 3 is 2.88 bits per heavy atom. The predicted molar refractivity (Wildman–Crippen MR) is 114 cm³/mol. The van der Waals surface area contributed by atoms with Crippen molar-refractivity contribution in [1.82, 2.24) is 20.0 Å². The fourth-order valence-corrected chi connectivity index (χ4v) is 3.08. The summed E-state index contributed by atoms with van der Waals surface area (Å²) in [4.78, 5) is 8.38. The Morgan fingerprint density at radius 1 is 1.42 bits per heavy atom. The van der Waals surface area contributed by atoms with Crippen LogP contribution in [0, 0.1) is 0 Å². The lowest BCUT2D eigenvalue weighted by atomic mass is 10.2. The van der Waals surface area contributed by atoms with E-state index in [2.05, 4.69) is 53.0 Å². The number of thiophene rings is 1. The molecule has 0 bridgehead atoms. The van der Waals surface area contributed by atoms with Gasteiger partial charge in [-0.2, -0.15) is 5.10 Å². The van der Waals surface area contributed by atoms with Crippen molar-refractivity contribution in [3.63, 3.8) is 0 Å². The van der Waals surface area contributed by atoms with Crippen LogP contribution in [-0.4, -0.2) is 47.3 Å². The molecule has 7 heteroatoms. The van der Waals surface area contributed by atoms with Gasteiger partial charge in [-0.25, -0.2) is 0 Å². The summed E-state index contributed by atoms with van der Waals surface area (Å²) in [6, 6.07) is 4.30. The molecule has 0 fully saturated rings. The van der Waals surface area contributed by atoms with Crippen LogP contribution in [0.15, 0.2) is 34.9 Å². The fraction of sp³-hybridized carbons (Fsp3) is 0.529. The average Bonchev–Trinajstić information content (AvgIpc) is 3.19. The van der Waals surface area contributed by atoms with Crippen LogP contribution in [0.1, 0.15) is 23.8 Å². The average molecular weight is 461 g/mol. The Balaban J connectivity index is 0.00000288. The third-order valence-corrected chi connectivity index (χ3v) is 4.55. The van der Waals surface area contributed by atoms with Crippen molar-refractivity contribution >= 4 is 41.3 Å². The first-order chi connectivity index (χ1) is 11.2. The van der Waals surface area contributed by atoms with Crippen molar-refractivity contribution in [2.45, 2.75) is 26.2 Å². The summed E-state index contributed by atoms with van der Waals surface area (Å²) in [7, 11) is 4.06. The van der Waals surface area contributed by atoms with Gasteiger partial charge in [-0.15, -0.1) is 35.3 Å². The van der Waals surface area contributed by atoms with Crippen LogP contribution in [-0.2, 0) is 19.9 Å². The van der Waals surface area contributed by atoms with E-state index in [9.17, 15) is 0 Å². The number of nitrogens with one attached hydrogen (secondary N) is 1. The van der Waals surface area contributed by atoms with E-state index in [1.165, 1.54) is 10.4 Å². The van der Waals surface area contributed by atoms with E-state index < -0.39 is 0 Å². The van der Waals surface area contributed by atoms with Gasteiger partial charge in [-0.05, 0) is 43.2 Å². The molecular weight excluding hydrogens is 433 g/mol. The van der Waals surface area contributed by atoms with Gasteiger partial charge < -0.3 is 10.2 Å². The van der Waals surface area contributed by atoms with Gasteiger partial charge in [-0.3, -0.25) is 9.67 Å². The molecule has 1 N–H and O–H groups in total. The molecule has 2 aromatic rings. The third kappa shape index (κ3) is 7.21. The lowest BCUT2D eigenvalue weighted by Crippen LogP contribution is -2.40. The predicted octanol–water partition coefficient (Wildman–Crippen LogP) is 3.17. The lowest BCUT2D eigenvalue weighted by molar-refractivity contribution is 0.486. The molecule has 24 heavy (non-hydrogen) atoms. The number of rotatable bonds is 8. The fourth-order valence-electron chi connectivity index (χ4n) is 2.38. The molecule has 0 amide bonds. The normalized spacial score (nSPS) is 11.2. The minimum atomic E-state index is 0. The van der Waals surface area contributed by atoms with E-state index in [1.54, 1.807) is 0 Å². The summed E-state index contributed by atoms with van der Waals surface area (Å²) >= 11 is 1.82. The smallest absolute Gasteiger partial charge is 0.193 e. The molecule has 2 aromatic heterocycles. The van der Waals surface area contributed by atoms with Crippen LogP contribution in [0.2, 0.25) is 0 Å². The lowest BCUT2D eigenvalue weighted by Gasteiger charge is -2.21. The second-order valence-corrected chi connectivity index (χ2v) is 6.64. The van der Waals surface area contributed by atoms with Crippen molar-refractivity contribution in [3.8, 4) is 0 Å². The van der Waals surface area contributed by atoms with Crippen LogP contribution < -0.4 is 5.32 Å². The van der Waals surface area contributed by atoms with Crippen molar-refractivity contribution in [2.75, 3.05) is 26.7 Å². The molecule has 0 aromatic carbocycles. The van der Waals surface area contributed by atoms with Gasteiger partial charge in [0.15, 0.2) is 5.96 Å². The second-order valence-electron chi connectivity index (χ2n) is 5.61. The zero-order valence-corrected chi connectivity index (χ0v) is 17.9. The van der Waals surface area contributed by atoms with Gasteiger partial charge in [0.2, 0.25) is 0 Å². The summed E-state index contributed by atoms with van der Waals surface area (Å²) in [5.74, 6) is 0.996. The topological polar surface area (TPSA) is 45.5 Å². The molecule has 0 atom stereocenters. The molecule has 2 heterocycles. The SMILES string of the molecule is CCNC(=NCCCc1cnn(C)c1)N(C)CCc1cccs1.I. The number of halogens is 1. The number of hydrogen-bond acceptors (Lipinski definition) is 3. The minimum absolute atomic E-state index is 0. The van der Waals surface area contributed by atoms with Crippen LogP contribution in [0.3, 0.4) is 0 Å². The van der Waals surface area contributed by atoms with E-state index >= 15 is 0 Å². The van der Waals surface area contributed by atoms with Gasteiger partial charge in [0.25, 0.3) is 0 Å². The molecule has 0 saturated carbocycles. The van der Waals surface area contributed by atoms with Crippen molar-refractivity contribution in [2.24, 2.45) is 12.0 Å². The van der Waals surface area contributed by atoms with Crippen LogP contribution in [0.25, 0.3) is 0 Å². The maximum absolute atomic E-state index is 4.74. The molecule has 0 aliphatic carbocycles. The first-order valence-corrected chi connectivity index (χ1v) is 9.06. The Morgan fingerprint density at radius 2 is 2.25 bits per heavy atom. The molecule has 5 nitrogen and oxygen atoms in total. The van der Waals surface area contributed by atoms with Crippen molar-refractivity contribution < 1.29 is 0 Å². The molecule has 0 spiro atoms. The molecule has 0 saturated heterocycles. The largest absolute Gasteiger partial charge is 0.357 e. The Hall–Kier alpha value is -1.09. The summed E-state index contributed by atoms with van der Waals surface area (Å²) < 4.78 is 1.85. The highest BCUT2D eigenvalue weighted by Gasteiger charge is 2.06. The number of aliphatic imine (C=N–C) groups is 1. The Bertz CT molecular complexity index is 594. The summed E-state index contributed by atoms with van der Waals surface area (Å²) in [5.41, 5.74) is 1.28. The summed E-state index contributed by atoms with van der Waals surface area (Å²) in [6.45, 7) is 4.82. The number of likely N-dealkylation sites (N-methyl/N-ethyl adjacent to an activating group) is 1. The Kier molecular flexibility index (Phi) is 10.0. The van der Waals surface area contributed by atoms with Crippen molar-refractivity contribution in [3.05, 3.63) is 40.3 Å². The zero-order chi connectivity index (χ0) is 16.5. The molecule has 2 rings (SSSR count). The maximum atomic E-state index is 4.74. The highest BCUT2D eigenvalue weighted by Crippen LogP contribution is 2.09. The second kappa shape index (κ2) is 11.5. The van der Waals surface area contributed by atoms with E-state index in [-0.39, 0.29) is 24.0 Å². The molecule has 0 aliphatic rings. The standard InChI is InChI=1S/C17H27N5S.HI/c1-4-18-17(21(2)11-9-16-8-6-12-23-16)19-10-5-7-15-13-20-22(3)14-15;/h6,8,12-14H,4-5,7,9-11H2,1-3H3,(H,18,19);1H. The van der Waals surface area contributed by atoms with Gasteiger partial charge in [-0.1, -0.05) is 6.07 Å². The van der Waals surface area contributed by atoms with Crippen LogP contribution in [0.5, 0.6) is 0 Å². The van der Waals surface area contributed by atoms with Gasteiger partial charge >= 0.3 is 0 Å². The highest BCUT2D eigenvalue weighted by atomic mass is 127. The quantitative estimate of drug-likeness (QED) is 0.284. The van der Waals surface area contributed by atoms with Crippen molar-refractivity contribution in [1.29, 1.82) is 0 Å². The van der Waals surface area contributed by atoms with E-state index in [0.717, 1.165) is 44.9 Å². The summed E-state index contributed by atoms with van der Waals surface area (Å²) in [5, 5.41) is 9.71. The maximum Gasteiger partial charge on any atom is 0.193 e. The molecule has 0 unspecified atom stereocenters. The van der Waals surface area contributed by atoms with Gasteiger partial charge in [0.1, 0.15) is 0 Å². The van der Waals surface area contributed by atoms with Gasteiger partial charge in [0.05, 0.1) is 6.20 Å².